The van der Waals surface area contributed by atoms with E-state index in [1.165, 1.54) is 31.6 Å². The Hall–Kier alpha value is -5.01. The van der Waals surface area contributed by atoms with Crippen LogP contribution in [0, 0.1) is 5.82 Å². The summed E-state index contributed by atoms with van der Waals surface area (Å²) < 4.78 is 48.0. The quantitative estimate of drug-likeness (QED) is 0.158. The van der Waals surface area contributed by atoms with Gasteiger partial charge in [0.25, 0.3) is 10.0 Å². The lowest BCUT2D eigenvalue weighted by atomic mass is 10.1. The van der Waals surface area contributed by atoms with Gasteiger partial charge in [0.05, 0.1) is 23.4 Å². The molecule has 13 heteroatoms. The van der Waals surface area contributed by atoms with E-state index in [4.69, 9.17) is 9.57 Å². The van der Waals surface area contributed by atoms with E-state index in [0.29, 0.717) is 16.0 Å². The van der Waals surface area contributed by atoms with Crippen LogP contribution < -0.4 is 14.5 Å². The third-order valence-electron chi connectivity index (χ3n) is 6.65. The van der Waals surface area contributed by atoms with Gasteiger partial charge in [-0.1, -0.05) is 10.5 Å². The maximum atomic E-state index is 14.2. The zero-order chi connectivity index (χ0) is 30.6. The lowest BCUT2D eigenvalue weighted by molar-refractivity contribution is -0.128. The zero-order valence-corrected chi connectivity index (χ0v) is 24.5. The predicted molar refractivity (Wildman–Crippen MR) is 161 cm³/mol. The molecule has 0 fully saturated rings. The summed E-state index contributed by atoms with van der Waals surface area (Å²) in [6, 6.07) is 19.2. The Morgan fingerprint density at radius 1 is 1.00 bits per heavy atom. The van der Waals surface area contributed by atoms with E-state index >= 15 is 0 Å². The molecule has 0 radical (unpaired) electrons. The van der Waals surface area contributed by atoms with Gasteiger partial charge in [0, 0.05) is 47.5 Å². The van der Waals surface area contributed by atoms with Gasteiger partial charge in [-0.3, -0.25) is 4.79 Å². The smallest absolute Gasteiger partial charge is 0.322 e. The van der Waals surface area contributed by atoms with Crippen LogP contribution in [0.25, 0.3) is 22.2 Å². The second kappa shape index (κ2) is 12.5. The Bertz CT molecular complexity index is 1860. The molecule has 0 spiro atoms. The summed E-state index contributed by atoms with van der Waals surface area (Å²) in [5.74, 6) is -0.485. The SMILES string of the molecule is COc1ccc(S(=O)(=O)N(OC=O)c2ccc(Nc3cc(-c4ccc5c(ccn5CCN(C)C)c4)ncn3)cc2)cc1F. The van der Waals surface area contributed by atoms with Gasteiger partial charge in [-0.25, -0.2) is 14.4 Å². The molecule has 0 saturated carbocycles. The molecule has 222 valence electrons. The third-order valence-corrected chi connectivity index (χ3v) is 8.23. The highest BCUT2D eigenvalue weighted by atomic mass is 32.2. The van der Waals surface area contributed by atoms with Gasteiger partial charge in [-0.2, -0.15) is 8.42 Å². The number of methoxy groups -OCH3 is 1. The standard InChI is InChI=1S/C30H29FN6O5S/c1-35(2)14-15-36-13-12-22-16-21(4-10-28(22)36)27-18-30(33-19-32-27)34-23-5-7-24(8-6-23)37(42-20-38)43(39,40)25-9-11-29(41-3)26(31)17-25/h4-13,16-20H,14-15H2,1-3H3,(H,32,33,34). The van der Waals surface area contributed by atoms with E-state index in [2.05, 4.69) is 49.1 Å². The van der Waals surface area contributed by atoms with Crippen LogP contribution in [0.3, 0.4) is 0 Å². The van der Waals surface area contributed by atoms with Crippen LogP contribution in [-0.2, 0) is 26.2 Å². The maximum Gasteiger partial charge on any atom is 0.322 e. The fourth-order valence-electron chi connectivity index (χ4n) is 4.46. The van der Waals surface area contributed by atoms with Crippen molar-refractivity contribution in [1.29, 1.82) is 0 Å². The van der Waals surface area contributed by atoms with Gasteiger partial charge in [0.1, 0.15) is 12.1 Å². The van der Waals surface area contributed by atoms with E-state index in [1.807, 2.05) is 26.2 Å². The van der Waals surface area contributed by atoms with Crippen molar-refractivity contribution in [3.63, 3.8) is 0 Å². The van der Waals surface area contributed by atoms with Gasteiger partial charge >= 0.3 is 6.47 Å². The van der Waals surface area contributed by atoms with Crippen molar-refractivity contribution >= 4 is 44.6 Å². The highest BCUT2D eigenvalue weighted by Gasteiger charge is 2.28. The van der Waals surface area contributed by atoms with Crippen molar-refractivity contribution < 1.29 is 27.2 Å². The molecule has 0 aliphatic rings. The molecule has 3 aromatic carbocycles. The van der Waals surface area contributed by atoms with Crippen LogP contribution in [-0.4, -0.2) is 62.1 Å². The van der Waals surface area contributed by atoms with Crippen molar-refractivity contribution in [3.8, 4) is 17.0 Å². The van der Waals surface area contributed by atoms with Crippen LogP contribution in [0.5, 0.6) is 5.75 Å². The first-order valence-corrected chi connectivity index (χ1v) is 14.6. The van der Waals surface area contributed by atoms with E-state index < -0.39 is 20.7 Å². The average Bonchev–Trinajstić information content (AvgIpc) is 3.41. The minimum Gasteiger partial charge on any atom is -0.494 e. The van der Waals surface area contributed by atoms with E-state index in [1.54, 1.807) is 12.1 Å². The van der Waals surface area contributed by atoms with Crippen molar-refractivity contribution in [3.05, 3.63) is 91.1 Å². The predicted octanol–water partition coefficient (Wildman–Crippen LogP) is 4.83. The second-order valence-electron chi connectivity index (χ2n) is 9.78. The molecule has 5 aromatic rings. The van der Waals surface area contributed by atoms with Crippen molar-refractivity contribution in [2.24, 2.45) is 0 Å². The molecule has 0 amide bonds. The number of hydrogen-bond acceptors (Lipinski definition) is 9. The Kier molecular flexibility index (Phi) is 8.55. The molecule has 0 unspecified atom stereocenters. The highest BCUT2D eigenvalue weighted by Crippen LogP contribution is 2.30. The molecule has 11 nitrogen and oxygen atoms in total. The molecule has 0 atom stereocenters. The molecule has 5 rings (SSSR count). The van der Waals surface area contributed by atoms with E-state index in [-0.39, 0.29) is 17.9 Å². The summed E-state index contributed by atoms with van der Waals surface area (Å²) in [5.41, 5.74) is 3.40. The number of ether oxygens (including phenoxy) is 1. The molecule has 43 heavy (non-hydrogen) atoms. The van der Waals surface area contributed by atoms with Crippen LogP contribution in [0.15, 0.2) is 90.2 Å². The summed E-state index contributed by atoms with van der Waals surface area (Å²) in [6.07, 6.45) is 3.54. The topological polar surface area (TPSA) is 119 Å². The fourth-order valence-corrected chi connectivity index (χ4v) is 5.69. The lowest BCUT2D eigenvalue weighted by Gasteiger charge is -2.21. The fraction of sp³-hybridized carbons (Fsp3) is 0.167. The average molecular weight is 605 g/mol. The van der Waals surface area contributed by atoms with Crippen LogP contribution in [0.4, 0.5) is 21.6 Å². The Balaban J connectivity index is 1.34. The third kappa shape index (κ3) is 6.42. The number of anilines is 3. The molecule has 0 aliphatic heterocycles. The Morgan fingerprint density at radius 3 is 2.49 bits per heavy atom. The molecular weight excluding hydrogens is 575 g/mol. The van der Waals surface area contributed by atoms with Gasteiger partial charge in [-0.15, -0.1) is 0 Å². The van der Waals surface area contributed by atoms with Crippen molar-refractivity contribution in [2.75, 3.05) is 37.5 Å². The monoisotopic (exact) mass is 604 g/mol. The summed E-state index contributed by atoms with van der Waals surface area (Å²) in [7, 11) is 0.906. The summed E-state index contributed by atoms with van der Waals surface area (Å²) >= 11 is 0. The number of benzene rings is 3. The molecule has 0 bridgehead atoms. The summed E-state index contributed by atoms with van der Waals surface area (Å²) in [4.78, 5) is 26.4. The van der Waals surface area contributed by atoms with Crippen LogP contribution >= 0.6 is 0 Å². The molecule has 1 N–H and O–H groups in total. The number of nitrogens with one attached hydrogen (secondary N) is 1. The minimum atomic E-state index is -4.45. The minimum absolute atomic E-state index is 0.0167. The van der Waals surface area contributed by atoms with Crippen LogP contribution in [0.1, 0.15) is 0 Å². The second-order valence-corrected chi connectivity index (χ2v) is 11.5. The number of rotatable bonds is 12. The number of carbonyl (C=O) groups excluding carboxylic acids is 1. The number of likely N-dealkylation sites (N-methyl/N-ethyl adjacent to an activating group) is 1. The number of fused-ring (bicyclic) bond motifs is 1. The van der Waals surface area contributed by atoms with Crippen LogP contribution in [0.2, 0.25) is 0 Å². The van der Waals surface area contributed by atoms with Crippen molar-refractivity contribution in [2.45, 2.75) is 11.4 Å². The lowest BCUT2D eigenvalue weighted by Crippen LogP contribution is -2.31. The number of sulfonamides is 1. The van der Waals surface area contributed by atoms with Gasteiger partial charge in [0.2, 0.25) is 0 Å². The number of nitrogens with zero attached hydrogens (tertiary/aromatic N) is 5. The van der Waals surface area contributed by atoms with Crippen molar-refractivity contribution in [1.82, 2.24) is 19.4 Å². The number of halogens is 1. The number of carbonyl (C=O) groups is 1. The molecular formula is C30H29FN6O5S. The first-order valence-electron chi connectivity index (χ1n) is 13.1. The zero-order valence-electron chi connectivity index (χ0n) is 23.6. The van der Waals surface area contributed by atoms with Gasteiger partial charge < -0.3 is 24.4 Å². The molecule has 2 aromatic heterocycles. The highest BCUT2D eigenvalue weighted by molar-refractivity contribution is 7.92. The molecule has 0 saturated heterocycles. The summed E-state index contributed by atoms with van der Waals surface area (Å²) in [5, 5.41) is 4.28. The summed E-state index contributed by atoms with van der Waals surface area (Å²) in [6.45, 7) is 1.80. The molecule has 0 aliphatic carbocycles. The largest absolute Gasteiger partial charge is 0.494 e. The van der Waals surface area contributed by atoms with Gasteiger partial charge in [0.15, 0.2) is 11.6 Å². The number of aromatic nitrogens is 3. The van der Waals surface area contributed by atoms with E-state index in [0.717, 1.165) is 47.4 Å². The Morgan fingerprint density at radius 2 is 1.79 bits per heavy atom. The van der Waals surface area contributed by atoms with Gasteiger partial charge in [-0.05, 0) is 74.8 Å². The maximum absolute atomic E-state index is 14.2. The number of hydrogen-bond donors (Lipinski definition) is 1. The normalized spacial score (nSPS) is 11.5. The first kappa shape index (κ1) is 29.5. The van der Waals surface area contributed by atoms with E-state index in [9.17, 15) is 17.6 Å². The Labute approximate surface area is 248 Å². The molecule has 2 heterocycles. The first-order chi connectivity index (χ1) is 20.7.